The lowest BCUT2D eigenvalue weighted by Crippen LogP contribution is -2.07. The average molecular weight is 336 g/mol. The van der Waals surface area contributed by atoms with E-state index in [4.69, 9.17) is 4.74 Å². The van der Waals surface area contributed by atoms with Crippen LogP contribution in [0.2, 0.25) is 0 Å². The van der Waals surface area contributed by atoms with Crippen molar-refractivity contribution >= 4 is 21.6 Å². The molecule has 0 fully saturated rings. The molecule has 20 heavy (non-hydrogen) atoms. The van der Waals surface area contributed by atoms with Gasteiger partial charge in [0, 0.05) is 16.2 Å². The molecular weight excluding hydrogens is 321 g/mol. The molecule has 0 saturated carbocycles. The van der Waals surface area contributed by atoms with Crippen molar-refractivity contribution in [3.05, 3.63) is 57.8 Å². The van der Waals surface area contributed by atoms with Crippen LogP contribution in [-0.4, -0.2) is 7.11 Å². The molecule has 0 aliphatic heterocycles. The van der Waals surface area contributed by atoms with E-state index in [-0.39, 0.29) is 17.6 Å². The molecule has 2 aromatic carbocycles. The van der Waals surface area contributed by atoms with Crippen molar-refractivity contribution in [3.8, 4) is 5.75 Å². The van der Waals surface area contributed by atoms with Crippen LogP contribution in [0.25, 0.3) is 0 Å². The summed E-state index contributed by atoms with van der Waals surface area (Å²) in [6.45, 7) is 0. The number of hydrogen-bond donors (Lipinski definition) is 1. The molecule has 0 amide bonds. The van der Waals surface area contributed by atoms with E-state index in [0.29, 0.717) is 0 Å². The van der Waals surface area contributed by atoms with E-state index in [2.05, 4.69) is 39.4 Å². The van der Waals surface area contributed by atoms with Gasteiger partial charge in [0.1, 0.15) is 0 Å². The van der Waals surface area contributed by atoms with Gasteiger partial charge in [-0.25, -0.2) is 4.39 Å². The summed E-state index contributed by atoms with van der Waals surface area (Å²) >= 11 is 3.50. The van der Waals surface area contributed by atoms with Gasteiger partial charge in [-0.15, -0.1) is 0 Å². The molecular formula is C16H15BrFNO. The Hall–Kier alpha value is -1.55. The second kappa shape index (κ2) is 5.44. The quantitative estimate of drug-likeness (QED) is 0.877. The van der Waals surface area contributed by atoms with E-state index < -0.39 is 0 Å². The number of aryl methyl sites for hydroxylation is 1. The van der Waals surface area contributed by atoms with Crippen molar-refractivity contribution in [2.75, 3.05) is 12.4 Å². The first kappa shape index (κ1) is 13.4. The Balaban J connectivity index is 1.84. The van der Waals surface area contributed by atoms with Crippen LogP contribution in [0.1, 0.15) is 23.6 Å². The highest BCUT2D eigenvalue weighted by atomic mass is 79.9. The maximum atomic E-state index is 13.4. The number of anilines is 1. The van der Waals surface area contributed by atoms with E-state index in [1.165, 1.54) is 24.3 Å². The summed E-state index contributed by atoms with van der Waals surface area (Å²) in [5.41, 5.74) is 3.56. The highest BCUT2D eigenvalue weighted by Gasteiger charge is 2.22. The number of methoxy groups -OCH3 is 1. The monoisotopic (exact) mass is 335 g/mol. The van der Waals surface area contributed by atoms with Gasteiger partial charge in [0.05, 0.1) is 13.2 Å². The fourth-order valence-corrected chi connectivity index (χ4v) is 3.10. The molecule has 1 atom stereocenters. The highest BCUT2D eigenvalue weighted by Crippen LogP contribution is 2.36. The lowest BCUT2D eigenvalue weighted by molar-refractivity contribution is 0.386. The standard InChI is InChI=1S/C16H15BrFNO/c1-20-16-9-12(4-6-14(16)18)19-15-7-2-10-8-11(17)3-5-13(10)15/h3-6,8-9,15,19H,2,7H2,1H3. The fraction of sp³-hybridized carbons (Fsp3) is 0.250. The molecule has 104 valence electrons. The smallest absolute Gasteiger partial charge is 0.165 e. The Kier molecular flexibility index (Phi) is 3.66. The van der Waals surface area contributed by atoms with E-state index >= 15 is 0 Å². The summed E-state index contributed by atoms with van der Waals surface area (Å²) in [5, 5.41) is 3.46. The topological polar surface area (TPSA) is 21.3 Å². The molecule has 3 rings (SSSR count). The summed E-state index contributed by atoms with van der Waals surface area (Å²) in [4.78, 5) is 0. The molecule has 0 radical (unpaired) electrons. The first-order chi connectivity index (χ1) is 9.67. The van der Waals surface area contributed by atoms with Crippen LogP contribution in [0.4, 0.5) is 10.1 Å². The first-order valence-corrected chi connectivity index (χ1v) is 7.35. The fourth-order valence-electron chi connectivity index (χ4n) is 2.69. The molecule has 2 nitrogen and oxygen atoms in total. The average Bonchev–Trinajstić information content (AvgIpc) is 2.83. The van der Waals surface area contributed by atoms with Gasteiger partial charge in [-0.1, -0.05) is 22.0 Å². The minimum Gasteiger partial charge on any atom is -0.494 e. The maximum absolute atomic E-state index is 13.4. The van der Waals surface area contributed by atoms with E-state index in [1.807, 2.05) is 0 Å². The van der Waals surface area contributed by atoms with Crippen molar-refractivity contribution < 1.29 is 9.13 Å². The van der Waals surface area contributed by atoms with Gasteiger partial charge in [0.25, 0.3) is 0 Å². The molecule has 0 heterocycles. The summed E-state index contributed by atoms with van der Waals surface area (Å²) in [5.74, 6) is -0.0715. The van der Waals surface area contributed by atoms with Crippen molar-refractivity contribution in [2.45, 2.75) is 18.9 Å². The molecule has 0 aromatic heterocycles. The van der Waals surface area contributed by atoms with Crippen LogP contribution in [0.5, 0.6) is 5.75 Å². The molecule has 1 aliphatic rings. The molecule has 1 N–H and O–H groups in total. The second-order valence-corrected chi connectivity index (χ2v) is 5.84. The summed E-state index contributed by atoms with van der Waals surface area (Å²) < 4.78 is 19.5. The maximum Gasteiger partial charge on any atom is 0.165 e. The van der Waals surface area contributed by atoms with E-state index in [9.17, 15) is 4.39 Å². The normalized spacial score (nSPS) is 16.9. The summed E-state index contributed by atoms with van der Waals surface area (Å²) in [6.07, 6.45) is 2.11. The van der Waals surface area contributed by atoms with Gasteiger partial charge >= 0.3 is 0 Å². The predicted octanol–water partition coefficient (Wildman–Crippen LogP) is 4.70. The number of hydrogen-bond acceptors (Lipinski definition) is 2. The Bertz CT molecular complexity index is 644. The van der Waals surface area contributed by atoms with Crippen LogP contribution in [-0.2, 0) is 6.42 Å². The SMILES string of the molecule is COc1cc(NC2CCc3cc(Br)ccc32)ccc1F. The number of rotatable bonds is 3. The van der Waals surface area contributed by atoms with Gasteiger partial charge in [-0.3, -0.25) is 0 Å². The van der Waals surface area contributed by atoms with Crippen LogP contribution >= 0.6 is 15.9 Å². The zero-order valence-corrected chi connectivity index (χ0v) is 12.7. The van der Waals surface area contributed by atoms with Crippen molar-refractivity contribution in [1.82, 2.24) is 0 Å². The van der Waals surface area contributed by atoms with Crippen molar-refractivity contribution in [1.29, 1.82) is 0 Å². The number of halogens is 2. The van der Waals surface area contributed by atoms with Gasteiger partial charge in [0.15, 0.2) is 11.6 Å². The predicted molar refractivity (Wildman–Crippen MR) is 81.8 cm³/mol. The minimum absolute atomic E-state index is 0.268. The third-order valence-electron chi connectivity index (χ3n) is 3.67. The Morgan fingerprint density at radius 3 is 2.90 bits per heavy atom. The molecule has 0 bridgehead atoms. The van der Waals surface area contributed by atoms with E-state index in [1.54, 1.807) is 12.1 Å². The molecule has 1 unspecified atom stereocenters. The zero-order valence-electron chi connectivity index (χ0n) is 11.1. The van der Waals surface area contributed by atoms with Crippen LogP contribution < -0.4 is 10.1 Å². The zero-order chi connectivity index (χ0) is 14.1. The molecule has 0 spiro atoms. The van der Waals surface area contributed by atoms with E-state index in [0.717, 1.165) is 23.0 Å². The second-order valence-electron chi connectivity index (χ2n) is 4.93. The van der Waals surface area contributed by atoms with Gasteiger partial charge in [0.2, 0.25) is 0 Å². The number of ether oxygens (including phenoxy) is 1. The van der Waals surface area contributed by atoms with Crippen LogP contribution in [0, 0.1) is 5.82 Å². The first-order valence-electron chi connectivity index (χ1n) is 6.56. The largest absolute Gasteiger partial charge is 0.494 e. The minimum atomic E-state index is -0.339. The van der Waals surface area contributed by atoms with Crippen molar-refractivity contribution in [3.63, 3.8) is 0 Å². The molecule has 0 saturated heterocycles. The third-order valence-corrected chi connectivity index (χ3v) is 4.17. The Labute approximate surface area is 126 Å². The number of nitrogens with one attached hydrogen (secondary N) is 1. The Morgan fingerprint density at radius 1 is 1.25 bits per heavy atom. The summed E-state index contributed by atoms with van der Waals surface area (Å²) in [6, 6.07) is 11.5. The third kappa shape index (κ3) is 2.52. The highest BCUT2D eigenvalue weighted by molar-refractivity contribution is 9.10. The summed E-state index contributed by atoms with van der Waals surface area (Å²) in [7, 11) is 1.48. The molecule has 4 heteroatoms. The molecule has 2 aromatic rings. The molecule has 1 aliphatic carbocycles. The lowest BCUT2D eigenvalue weighted by Gasteiger charge is -2.16. The lowest BCUT2D eigenvalue weighted by atomic mass is 10.1. The van der Waals surface area contributed by atoms with Crippen LogP contribution in [0.3, 0.4) is 0 Å². The van der Waals surface area contributed by atoms with Crippen molar-refractivity contribution in [2.24, 2.45) is 0 Å². The number of benzene rings is 2. The Morgan fingerprint density at radius 2 is 2.10 bits per heavy atom. The van der Waals surface area contributed by atoms with Gasteiger partial charge in [-0.2, -0.15) is 0 Å². The number of fused-ring (bicyclic) bond motifs is 1. The van der Waals surface area contributed by atoms with Gasteiger partial charge < -0.3 is 10.1 Å². The van der Waals surface area contributed by atoms with Gasteiger partial charge in [-0.05, 0) is 48.2 Å². The van der Waals surface area contributed by atoms with Crippen LogP contribution in [0.15, 0.2) is 40.9 Å².